The number of piperidine rings is 1. The van der Waals surface area contributed by atoms with Gasteiger partial charge in [0.1, 0.15) is 6.10 Å². The van der Waals surface area contributed by atoms with Crippen LogP contribution in [0.15, 0.2) is 0 Å². The van der Waals surface area contributed by atoms with Gasteiger partial charge >= 0.3 is 11.9 Å². The monoisotopic (exact) mass is 405 g/mol. The Morgan fingerprint density at radius 2 is 2.14 bits per heavy atom. The molecule has 0 bridgehead atoms. The van der Waals surface area contributed by atoms with Crippen molar-refractivity contribution in [2.24, 2.45) is 29.1 Å². The number of carbonyl (C=O) groups is 2. The Kier molecular flexibility index (Phi) is 4.93. The minimum absolute atomic E-state index is 0.0220. The van der Waals surface area contributed by atoms with E-state index >= 15 is 0 Å². The topological polar surface area (TPSA) is 68.4 Å². The number of nitrogens with zero attached hydrogens (tertiary/aromatic N) is 1. The number of carbonyl (C=O) groups excluding carboxylic acids is 2. The summed E-state index contributed by atoms with van der Waals surface area (Å²) in [7, 11) is 0. The zero-order valence-corrected chi connectivity index (χ0v) is 17.9. The minimum atomic E-state index is -0.0902. The number of likely N-dealkylation sites (tertiary alicyclic amines) is 1. The van der Waals surface area contributed by atoms with E-state index in [0.717, 1.165) is 38.8 Å². The molecule has 0 aromatic rings. The quantitative estimate of drug-likeness (QED) is 0.529. The Hall–Kier alpha value is -1.14. The summed E-state index contributed by atoms with van der Waals surface area (Å²) < 4.78 is 17.2. The molecule has 0 radical (unpaired) electrons. The smallest absolute Gasteiger partial charge is 0.310 e. The van der Waals surface area contributed by atoms with E-state index in [2.05, 4.69) is 11.8 Å². The molecule has 6 heteroatoms. The number of rotatable bonds is 4. The van der Waals surface area contributed by atoms with Crippen LogP contribution >= 0.6 is 0 Å². The average molecular weight is 406 g/mol. The molecule has 0 N–H and O–H groups in total. The van der Waals surface area contributed by atoms with E-state index in [1.54, 1.807) is 0 Å². The molecule has 0 aromatic carbocycles. The third-order valence-electron chi connectivity index (χ3n) is 8.66. The van der Waals surface area contributed by atoms with E-state index in [4.69, 9.17) is 14.2 Å². The molecule has 3 saturated heterocycles. The van der Waals surface area contributed by atoms with Crippen LogP contribution in [0, 0.1) is 29.1 Å². The molecule has 162 valence electrons. The highest BCUT2D eigenvalue weighted by atomic mass is 16.6. The van der Waals surface area contributed by atoms with Gasteiger partial charge in [-0.3, -0.25) is 9.59 Å². The molecule has 3 heterocycles. The summed E-state index contributed by atoms with van der Waals surface area (Å²) in [4.78, 5) is 27.3. The predicted molar refractivity (Wildman–Crippen MR) is 106 cm³/mol. The molecular formula is C23H35NO5. The van der Waals surface area contributed by atoms with Gasteiger partial charge in [-0.15, -0.1) is 0 Å². The Bertz CT molecular complexity index is 676. The number of fused-ring (bicyclic) bond motifs is 3. The molecule has 0 amide bonds. The Morgan fingerprint density at radius 1 is 1.31 bits per heavy atom. The zero-order chi connectivity index (χ0) is 20.2. The largest absolute Gasteiger partial charge is 0.466 e. The van der Waals surface area contributed by atoms with Gasteiger partial charge in [0.25, 0.3) is 0 Å². The maximum absolute atomic E-state index is 12.8. The van der Waals surface area contributed by atoms with E-state index in [1.165, 1.54) is 19.3 Å². The van der Waals surface area contributed by atoms with Crippen LogP contribution in [0.3, 0.4) is 0 Å². The van der Waals surface area contributed by atoms with Crippen molar-refractivity contribution in [1.82, 2.24) is 4.90 Å². The number of epoxide rings is 1. The second-order valence-electron chi connectivity index (χ2n) is 10.4. The van der Waals surface area contributed by atoms with Crippen LogP contribution in [0.2, 0.25) is 0 Å². The van der Waals surface area contributed by atoms with Gasteiger partial charge in [0.2, 0.25) is 0 Å². The third-order valence-corrected chi connectivity index (χ3v) is 8.66. The highest BCUT2D eigenvalue weighted by Crippen LogP contribution is 2.62. The Labute approximate surface area is 173 Å². The van der Waals surface area contributed by atoms with Crippen LogP contribution in [-0.2, 0) is 23.8 Å². The van der Waals surface area contributed by atoms with E-state index in [0.29, 0.717) is 31.5 Å². The average Bonchev–Trinajstić information content (AvgIpc) is 3.40. The Morgan fingerprint density at radius 3 is 2.90 bits per heavy atom. The lowest BCUT2D eigenvalue weighted by Crippen LogP contribution is -2.51. The zero-order valence-electron chi connectivity index (χ0n) is 17.9. The SMILES string of the molecule is CCOC(=O)[C@@H]1CCCN(C[C@@H]2C(=O)O[C@@H]3C[C@@]4(C)CCC[C@]5(CO5)[C@H]4C[C@H]23)C1. The van der Waals surface area contributed by atoms with Gasteiger partial charge in [-0.2, -0.15) is 0 Å². The summed E-state index contributed by atoms with van der Waals surface area (Å²) in [5, 5.41) is 0. The van der Waals surface area contributed by atoms with Crippen LogP contribution in [0.25, 0.3) is 0 Å². The molecular weight excluding hydrogens is 370 g/mol. The van der Waals surface area contributed by atoms with Crippen molar-refractivity contribution in [3.63, 3.8) is 0 Å². The first-order valence-electron chi connectivity index (χ1n) is 11.7. The molecule has 7 atom stereocenters. The summed E-state index contributed by atoms with van der Waals surface area (Å²) in [5.41, 5.74) is 0.333. The molecule has 1 spiro atoms. The number of hydrogen-bond acceptors (Lipinski definition) is 6. The van der Waals surface area contributed by atoms with E-state index < -0.39 is 0 Å². The van der Waals surface area contributed by atoms with Gasteiger partial charge in [0, 0.05) is 19.0 Å². The molecule has 2 aliphatic carbocycles. The summed E-state index contributed by atoms with van der Waals surface area (Å²) in [5.74, 6) is 0.605. The molecule has 6 nitrogen and oxygen atoms in total. The summed E-state index contributed by atoms with van der Waals surface area (Å²) >= 11 is 0. The van der Waals surface area contributed by atoms with Crippen LogP contribution in [-0.4, -0.2) is 61.4 Å². The lowest BCUT2D eigenvalue weighted by atomic mass is 9.53. The van der Waals surface area contributed by atoms with Gasteiger partial charge in [-0.25, -0.2) is 0 Å². The van der Waals surface area contributed by atoms with Gasteiger partial charge < -0.3 is 19.1 Å². The summed E-state index contributed by atoms with van der Waals surface area (Å²) in [6.45, 7) is 7.94. The van der Waals surface area contributed by atoms with Crippen molar-refractivity contribution in [2.75, 3.05) is 32.8 Å². The molecule has 5 rings (SSSR count). The Balaban J connectivity index is 1.28. The highest BCUT2D eigenvalue weighted by Gasteiger charge is 2.65. The first-order chi connectivity index (χ1) is 13.9. The maximum atomic E-state index is 12.8. The maximum Gasteiger partial charge on any atom is 0.310 e. The van der Waals surface area contributed by atoms with Crippen molar-refractivity contribution in [2.45, 2.75) is 70.5 Å². The molecule has 5 fully saturated rings. The van der Waals surface area contributed by atoms with Crippen LogP contribution < -0.4 is 0 Å². The first kappa shape index (κ1) is 19.8. The number of esters is 2. The number of ether oxygens (including phenoxy) is 3. The summed E-state index contributed by atoms with van der Waals surface area (Å²) in [6, 6.07) is 0. The van der Waals surface area contributed by atoms with Crippen molar-refractivity contribution in [1.29, 1.82) is 0 Å². The molecule has 0 aromatic heterocycles. The predicted octanol–water partition coefficient (Wildman–Crippen LogP) is 2.79. The lowest BCUT2D eigenvalue weighted by molar-refractivity contribution is -0.150. The second kappa shape index (κ2) is 7.23. The molecule has 0 unspecified atom stereocenters. The fourth-order valence-corrected chi connectivity index (χ4v) is 7.12. The summed E-state index contributed by atoms with van der Waals surface area (Å²) in [6.07, 6.45) is 7.60. The normalized spacial score (nSPS) is 46.7. The second-order valence-corrected chi connectivity index (χ2v) is 10.4. The third kappa shape index (κ3) is 3.40. The fraction of sp³-hybridized carbons (Fsp3) is 0.913. The van der Waals surface area contributed by atoms with Crippen molar-refractivity contribution in [3.8, 4) is 0 Å². The lowest BCUT2D eigenvalue weighted by Gasteiger charge is -2.51. The van der Waals surface area contributed by atoms with Crippen molar-refractivity contribution < 1.29 is 23.8 Å². The van der Waals surface area contributed by atoms with Crippen LogP contribution in [0.4, 0.5) is 0 Å². The van der Waals surface area contributed by atoms with Gasteiger partial charge in [0.15, 0.2) is 0 Å². The van der Waals surface area contributed by atoms with Crippen LogP contribution in [0.5, 0.6) is 0 Å². The molecule has 5 aliphatic rings. The van der Waals surface area contributed by atoms with Gasteiger partial charge in [-0.05, 0) is 69.7 Å². The fourth-order valence-electron chi connectivity index (χ4n) is 7.12. The molecule has 3 aliphatic heterocycles. The van der Waals surface area contributed by atoms with Crippen molar-refractivity contribution >= 4 is 11.9 Å². The van der Waals surface area contributed by atoms with Crippen LogP contribution in [0.1, 0.15) is 58.8 Å². The standard InChI is InChI=1S/C23H35NO5/c1-3-27-20(25)15-6-4-9-24(12-15)13-17-16-10-19-22(2,11-18(16)29-21(17)26)7-5-8-23(19)14-28-23/h15-19H,3-14H2,1-2H3/t15-,16-,17+,18-,19+,22-,23+/m1/s1. The molecule has 29 heavy (non-hydrogen) atoms. The van der Waals surface area contributed by atoms with Gasteiger partial charge in [0.05, 0.1) is 30.7 Å². The van der Waals surface area contributed by atoms with Crippen molar-refractivity contribution in [3.05, 3.63) is 0 Å². The van der Waals surface area contributed by atoms with E-state index in [-0.39, 0.29) is 40.9 Å². The highest BCUT2D eigenvalue weighted by molar-refractivity contribution is 5.76. The number of hydrogen-bond donors (Lipinski definition) is 0. The first-order valence-corrected chi connectivity index (χ1v) is 11.7. The van der Waals surface area contributed by atoms with E-state index in [9.17, 15) is 9.59 Å². The minimum Gasteiger partial charge on any atom is -0.466 e. The van der Waals surface area contributed by atoms with Gasteiger partial charge in [-0.1, -0.05) is 6.92 Å². The van der Waals surface area contributed by atoms with E-state index in [1.807, 2.05) is 6.92 Å². The molecule has 2 saturated carbocycles.